The van der Waals surface area contributed by atoms with E-state index in [1.165, 1.54) is 12.1 Å². The van der Waals surface area contributed by atoms with E-state index in [0.717, 1.165) is 6.07 Å². The number of hydrogen-bond donors (Lipinski definition) is 3. The molecule has 4 N–H and O–H groups in total. The first-order chi connectivity index (χ1) is 8.81. The average molecular weight is 333 g/mol. The van der Waals surface area contributed by atoms with Gasteiger partial charge >= 0.3 is 5.97 Å². The molecular formula is C11H10BrFN2O4. The number of halogens is 2. The molecule has 0 unspecified atom stereocenters. The Hall–Kier alpha value is -1.96. The Morgan fingerprint density at radius 3 is 2.53 bits per heavy atom. The van der Waals surface area contributed by atoms with Crippen molar-refractivity contribution in [3.05, 3.63) is 34.1 Å². The minimum atomic E-state index is -1.45. The quantitative estimate of drug-likeness (QED) is 0.735. The van der Waals surface area contributed by atoms with Gasteiger partial charge in [-0.25, -0.2) is 9.18 Å². The van der Waals surface area contributed by atoms with Crippen LogP contribution in [0.4, 0.5) is 4.39 Å². The highest BCUT2D eigenvalue weighted by Gasteiger charge is 2.23. The maximum atomic E-state index is 13.2. The van der Waals surface area contributed by atoms with Crippen LogP contribution in [0.5, 0.6) is 0 Å². The maximum Gasteiger partial charge on any atom is 0.326 e. The Labute approximate surface area is 115 Å². The molecule has 1 rings (SSSR count). The molecule has 6 nitrogen and oxygen atoms in total. The van der Waals surface area contributed by atoms with Crippen molar-refractivity contribution < 1.29 is 23.9 Å². The summed E-state index contributed by atoms with van der Waals surface area (Å²) in [5.74, 6) is -3.73. The lowest BCUT2D eigenvalue weighted by atomic mass is 10.1. The summed E-state index contributed by atoms with van der Waals surface area (Å²) < 4.78 is 13.4. The largest absolute Gasteiger partial charge is 0.480 e. The van der Waals surface area contributed by atoms with Crippen LogP contribution in [0.15, 0.2) is 22.7 Å². The van der Waals surface area contributed by atoms with Crippen LogP contribution in [0.2, 0.25) is 0 Å². The molecular weight excluding hydrogens is 323 g/mol. The van der Waals surface area contributed by atoms with Crippen molar-refractivity contribution in [1.82, 2.24) is 5.32 Å². The van der Waals surface area contributed by atoms with Crippen molar-refractivity contribution in [2.24, 2.45) is 5.73 Å². The van der Waals surface area contributed by atoms with Gasteiger partial charge in [0.05, 0.1) is 10.9 Å². The van der Waals surface area contributed by atoms with Crippen LogP contribution in [-0.2, 0) is 9.59 Å². The molecule has 8 heteroatoms. The first-order valence-corrected chi connectivity index (χ1v) is 5.87. The van der Waals surface area contributed by atoms with Gasteiger partial charge in [0.25, 0.3) is 5.91 Å². The third-order valence-electron chi connectivity index (χ3n) is 2.19. The lowest BCUT2D eigenvalue weighted by molar-refractivity contribution is -0.140. The Morgan fingerprint density at radius 1 is 1.42 bits per heavy atom. The first kappa shape index (κ1) is 15.1. The normalized spacial score (nSPS) is 11.7. The van der Waals surface area contributed by atoms with E-state index in [4.69, 9.17) is 10.8 Å². The fourth-order valence-electron chi connectivity index (χ4n) is 1.28. The van der Waals surface area contributed by atoms with Gasteiger partial charge in [-0.15, -0.1) is 0 Å². The molecule has 1 atom stereocenters. The zero-order valence-electron chi connectivity index (χ0n) is 9.52. The lowest BCUT2D eigenvalue weighted by Gasteiger charge is -2.12. The van der Waals surface area contributed by atoms with E-state index in [1.54, 1.807) is 0 Å². The number of primary amides is 1. The summed E-state index contributed by atoms with van der Waals surface area (Å²) in [6, 6.07) is 2.12. The van der Waals surface area contributed by atoms with Crippen LogP contribution in [-0.4, -0.2) is 28.9 Å². The van der Waals surface area contributed by atoms with E-state index in [1.807, 2.05) is 0 Å². The van der Waals surface area contributed by atoms with Crippen molar-refractivity contribution >= 4 is 33.7 Å². The monoisotopic (exact) mass is 332 g/mol. The van der Waals surface area contributed by atoms with Crippen LogP contribution in [0.25, 0.3) is 0 Å². The second-order valence-corrected chi connectivity index (χ2v) is 4.52. The summed E-state index contributed by atoms with van der Waals surface area (Å²) in [5.41, 5.74) is 4.81. The molecule has 0 spiro atoms. The molecule has 0 bridgehead atoms. The summed E-state index contributed by atoms with van der Waals surface area (Å²) in [4.78, 5) is 33.2. The van der Waals surface area contributed by atoms with Crippen LogP contribution in [0.3, 0.4) is 0 Å². The number of aliphatic carboxylic acids is 1. The van der Waals surface area contributed by atoms with Crippen molar-refractivity contribution in [1.29, 1.82) is 0 Å². The molecule has 2 amide bonds. The summed E-state index contributed by atoms with van der Waals surface area (Å²) in [6.45, 7) is 0. The highest BCUT2D eigenvalue weighted by atomic mass is 79.9. The van der Waals surface area contributed by atoms with Gasteiger partial charge in [0.2, 0.25) is 5.91 Å². The van der Waals surface area contributed by atoms with E-state index in [-0.39, 0.29) is 10.0 Å². The molecule has 102 valence electrons. The van der Waals surface area contributed by atoms with Crippen LogP contribution in [0, 0.1) is 5.82 Å². The zero-order valence-corrected chi connectivity index (χ0v) is 11.1. The molecule has 0 fully saturated rings. The van der Waals surface area contributed by atoms with Crippen molar-refractivity contribution in [2.45, 2.75) is 12.5 Å². The molecule has 0 radical (unpaired) electrons. The van der Waals surface area contributed by atoms with E-state index in [9.17, 15) is 18.8 Å². The number of carboxylic acid groups (broad SMARTS) is 1. The van der Waals surface area contributed by atoms with Gasteiger partial charge in [-0.2, -0.15) is 0 Å². The molecule has 0 saturated carbocycles. The molecule has 19 heavy (non-hydrogen) atoms. The van der Waals surface area contributed by atoms with Gasteiger partial charge in [0.15, 0.2) is 0 Å². The fraction of sp³-hybridized carbons (Fsp3) is 0.182. The number of carbonyl (C=O) groups is 3. The molecule has 1 aromatic rings. The predicted molar refractivity (Wildman–Crippen MR) is 66.8 cm³/mol. The Morgan fingerprint density at radius 2 is 2.05 bits per heavy atom. The van der Waals surface area contributed by atoms with Crippen molar-refractivity contribution in [2.75, 3.05) is 0 Å². The highest BCUT2D eigenvalue weighted by Crippen LogP contribution is 2.16. The third kappa shape index (κ3) is 4.32. The van der Waals surface area contributed by atoms with Crippen LogP contribution >= 0.6 is 15.9 Å². The lowest BCUT2D eigenvalue weighted by Crippen LogP contribution is -2.43. The molecule has 1 aromatic carbocycles. The Bertz CT molecular complexity index is 535. The minimum Gasteiger partial charge on any atom is -0.480 e. The average Bonchev–Trinajstić information content (AvgIpc) is 2.31. The molecule has 0 aliphatic heterocycles. The third-order valence-corrected chi connectivity index (χ3v) is 2.83. The second-order valence-electron chi connectivity index (χ2n) is 3.66. The summed E-state index contributed by atoms with van der Waals surface area (Å²) in [6.07, 6.45) is -0.542. The number of nitrogens with one attached hydrogen (secondary N) is 1. The predicted octanol–water partition coefficient (Wildman–Crippen LogP) is 0.647. The molecule has 0 aliphatic rings. The fourth-order valence-corrected chi connectivity index (χ4v) is 1.53. The molecule has 0 saturated heterocycles. The smallest absolute Gasteiger partial charge is 0.326 e. The molecule has 0 aromatic heterocycles. The van der Waals surface area contributed by atoms with Gasteiger partial charge < -0.3 is 16.2 Å². The number of rotatable bonds is 5. The number of amides is 2. The SMILES string of the molecule is NC(=O)C[C@@H](NC(=O)c1ccc(Br)c(F)c1)C(=O)O. The van der Waals surface area contributed by atoms with Gasteiger partial charge in [-0.3, -0.25) is 9.59 Å². The van der Waals surface area contributed by atoms with Gasteiger partial charge in [-0.05, 0) is 34.1 Å². The van der Waals surface area contributed by atoms with Crippen LogP contribution in [0.1, 0.15) is 16.8 Å². The number of hydrogen-bond acceptors (Lipinski definition) is 3. The van der Waals surface area contributed by atoms with E-state index >= 15 is 0 Å². The number of carbonyl (C=O) groups excluding carboxylic acids is 2. The van der Waals surface area contributed by atoms with E-state index < -0.39 is 36.1 Å². The topological polar surface area (TPSA) is 109 Å². The zero-order chi connectivity index (χ0) is 14.6. The highest BCUT2D eigenvalue weighted by molar-refractivity contribution is 9.10. The summed E-state index contributed by atoms with van der Waals surface area (Å²) in [5, 5.41) is 10.9. The molecule has 0 heterocycles. The van der Waals surface area contributed by atoms with E-state index in [0.29, 0.717) is 0 Å². The van der Waals surface area contributed by atoms with E-state index in [2.05, 4.69) is 21.2 Å². The summed E-state index contributed by atoms with van der Waals surface area (Å²) >= 11 is 2.92. The van der Waals surface area contributed by atoms with Crippen molar-refractivity contribution in [3.63, 3.8) is 0 Å². The number of carboxylic acids is 1. The first-order valence-electron chi connectivity index (χ1n) is 5.08. The second kappa shape index (κ2) is 6.28. The standard InChI is InChI=1S/C11H10BrFN2O4/c12-6-2-1-5(3-7(6)13)10(17)15-8(11(18)19)4-9(14)16/h1-3,8H,4H2,(H2,14,16)(H,15,17)(H,18,19)/t8-/m1/s1. The Kier molecular flexibility index (Phi) is 4.99. The molecule has 0 aliphatic carbocycles. The van der Waals surface area contributed by atoms with Gasteiger partial charge in [-0.1, -0.05) is 0 Å². The summed E-state index contributed by atoms with van der Waals surface area (Å²) in [7, 11) is 0. The van der Waals surface area contributed by atoms with Gasteiger partial charge in [0.1, 0.15) is 11.9 Å². The van der Waals surface area contributed by atoms with Crippen molar-refractivity contribution in [3.8, 4) is 0 Å². The number of nitrogens with two attached hydrogens (primary N) is 1. The number of benzene rings is 1. The van der Waals surface area contributed by atoms with Gasteiger partial charge in [0, 0.05) is 5.56 Å². The Balaban J connectivity index is 2.84. The minimum absolute atomic E-state index is 0.0589. The maximum absolute atomic E-state index is 13.2. The van der Waals surface area contributed by atoms with Crippen LogP contribution < -0.4 is 11.1 Å².